The van der Waals surface area contributed by atoms with Gasteiger partial charge < -0.3 is 9.47 Å². The topological polar surface area (TPSA) is 21.7 Å². The number of hydrogen-bond acceptors (Lipinski definition) is 3. The molecule has 0 radical (unpaired) electrons. The zero-order valence-electron chi connectivity index (χ0n) is 16.7. The molecule has 2 aromatic carbocycles. The minimum atomic E-state index is -4.35. The Balaban J connectivity index is 1.59. The van der Waals surface area contributed by atoms with Crippen molar-refractivity contribution >= 4 is 11.6 Å². The molecule has 0 spiro atoms. The van der Waals surface area contributed by atoms with Crippen LogP contribution in [0.4, 0.5) is 13.2 Å². The van der Waals surface area contributed by atoms with Crippen molar-refractivity contribution < 1.29 is 22.6 Å². The second kappa shape index (κ2) is 8.44. The van der Waals surface area contributed by atoms with E-state index in [1.165, 1.54) is 6.07 Å². The average Bonchev–Trinajstić information content (AvgIpc) is 2.58. The SMILES string of the molecule is CC(C)(C)N1CC(Oc2cc(Cl)ccc2OCCc2cccc(C(F)(F)F)c2)C1. The molecular formula is C22H25ClF3NO2. The summed E-state index contributed by atoms with van der Waals surface area (Å²) in [7, 11) is 0. The lowest BCUT2D eigenvalue weighted by molar-refractivity contribution is -0.137. The standard InChI is InChI=1S/C22H25ClF3NO2/c1-21(2,3)27-13-18(14-27)29-20-12-17(23)7-8-19(20)28-10-9-15-5-4-6-16(11-15)22(24,25)26/h4-8,11-12,18H,9-10,13-14H2,1-3H3. The van der Waals surface area contributed by atoms with Gasteiger partial charge in [0.05, 0.1) is 12.2 Å². The van der Waals surface area contributed by atoms with Crippen molar-refractivity contribution in [3.05, 3.63) is 58.6 Å². The number of hydrogen-bond donors (Lipinski definition) is 0. The third-order valence-corrected chi connectivity index (χ3v) is 5.13. The van der Waals surface area contributed by atoms with Gasteiger partial charge in [-0.05, 0) is 44.5 Å². The van der Waals surface area contributed by atoms with Crippen LogP contribution in [0.2, 0.25) is 5.02 Å². The summed E-state index contributed by atoms with van der Waals surface area (Å²) in [5.41, 5.74) is 0.00772. The van der Waals surface area contributed by atoms with Gasteiger partial charge in [0.2, 0.25) is 0 Å². The highest BCUT2D eigenvalue weighted by Gasteiger charge is 2.36. The minimum absolute atomic E-state index is 0.0542. The minimum Gasteiger partial charge on any atom is -0.489 e. The molecule has 0 aromatic heterocycles. The first-order valence-corrected chi connectivity index (χ1v) is 9.90. The van der Waals surface area contributed by atoms with Crippen LogP contribution in [0, 0.1) is 0 Å². The lowest BCUT2D eigenvalue weighted by Gasteiger charge is -2.47. The third kappa shape index (κ3) is 5.80. The average molecular weight is 428 g/mol. The molecule has 0 saturated carbocycles. The Labute approximate surface area is 174 Å². The number of halogens is 4. The van der Waals surface area contributed by atoms with E-state index < -0.39 is 11.7 Å². The fourth-order valence-electron chi connectivity index (χ4n) is 3.12. The maximum Gasteiger partial charge on any atom is 0.416 e. The van der Waals surface area contributed by atoms with E-state index >= 15 is 0 Å². The summed E-state index contributed by atoms with van der Waals surface area (Å²) in [5, 5.41) is 0.539. The molecule has 1 saturated heterocycles. The summed E-state index contributed by atoms with van der Waals surface area (Å²) in [6, 6.07) is 10.4. The normalized spacial score (nSPS) is 15.8. The molecule has 0 N–H and O–H groups in total. The second-order valence-corrected chi connectivity index (χ2v) is 8.64. The number of benzene rings is 2. The van der Waals surface area contributed by atoms with Crippen molar-refractivity contribution in [3.63, 3.8) is 0 Å². The van der Waals surface area contributed by atoms with Crippen molar-refractivity contribution in [3.8, 4) is 11.5 Å². The predicted octanol–water partition coefficient (Wildman–Crippen LogP) is 5.84. The Bertz CT molecular complexity index is 843. The largest absolute Gasteiger partial charge is 0.489 e. The predicted molar refractivity (Wildman–Crippen MR) is 108 cm³/mol. The Morgan fingerprint density at radius 2 is 1.76 bits per heavy atom. The van der Waals surface area contributed by atoms with Crippen LogP contribution >= 0.6 is 11.6 Å². The molecule has 3 nitrogen and oxygen atoms in total. The van der Waals surface area contributed by atoms with Crippen LogP contribution in [0.5, 0.6) is 11.5 Å². The fraction of sp³-hybridized carbons (Fsp3) is 0.455. The Kier molecular flexibility index (Phi) is 6.34. The molecule has 0 aliphatic carbocycles. The van der Waals surface area contributed by atoms with Gasteiger partial charge in [0.25, 0.3) is 0 Å². The van der Waals surface area contributed by atoms with Gasteiger partial charge in [-0.2, -0.15) is 13.2 Å². The van der Waals surface area contributed by atoms with E-state index in [2.05, 4.69) is 25.7 Å². The van der Waals surface area contributed by atoms with E-state index in [-0.39, 0.29) is 18.2 Å². The van der Waals surface area contributed by atoms with Crippen molar-refractivity contribution in [2.24, 2.45) is 0 Å². The summed E-state index contributed by atoms with van der Waals surface area (Å²) >= 11 is 6.10. The summed E-state index contributed by atoms with van der Waals surface area (Å²) in [4.78, 5) is 2.32. The highest BCUT2D eigenvalue weighted by atomic mass is 35.5. The number of nitrogens with zero attached hydrogens (tertiary/aromatic N) is 1. The Hall–Kier alpha value is -1.92. The lowest BCUT2D eigenvalue weighted by Crippen LogP contribution is -2.60. The molecule has 29 heavy (non-hydrogen) atoms. The van der Waals surface area contributed by atoms with Crippen LogP contribution in [0.3, 0.4) is 0 Å². The summed E-state index contributed by atoms with van der Waals surface area (Å²) in [5.74, 6) is 1.09. The van der Waals surface area contributed by atoms with Crippen LogP contribution in [0.1, 0.15) is 31.9 Å². The molecule has 1 aliphatic rings. The van der Waals surface area contributed by atoms with E-state index in [9.17, 15) is 13.2 Å². The van der Waals surface area contributed by atoms with E-state index in [0.29, 0.717) is 28.5 Å². The quantitative estimate of drug-likeness (QED) is 0.578. The fourth-order valence-corrected chi connectivity index (χ4v) is 3.28. The number of ether oxygens (including phenoxy) is 2. The molecule has 1 fully saturated rings. The van der Waals surface area contributed by atoms with Gasteiger partial charge in [-0.25, -0.2) is 0 Å². The Morgan fingerprint density at radius 3 is 2.41 bits per heavy atom. The van der Waals surface area contributed by atoms with Crippen LogP contribution < -0.4 is 9.47 Å². The maximum atomic E-state index is 12.8. The van der Waals surface area contributed by atoms with E-state index in [1.54, 1.807) is 24.3 Å². The zero-order valence-corrected chi connectivity index (χ0v) is 17.5. The maximum absolute atomic E-state index is 12.8. The molecular weight excluding hydrogens is 403 g/mol. The molecule has 0 amide bonds. The number of alkyl halides is 3. The van der Waals surface area contributed by atoms with Crippen molar-refractivity contribution in [1.82, 2.24) is 4.90 Å². The van der Waals surface area contributed by atoms with Gasteiger partial charge in [0, 0.05) is 36.1 Å². The van der Waals surface area contributed by atoms with Gasteiger partial charge in [0.1, 0.15) is 6.10 Å². The molecule has 2 aromatic rings. The first-order valence-electron chi connectivity index (χ1n) is 9.52. The molecule has 158 valence electrons. The smallest absolute Gasteiger partial charge is 0.416 e. The molecule has 0 atom stereocenters. The van der Waals surface area contributed by atoms with Gasteiger partial charge in [-0.3, -0.25) is 4.90 Å². The number of rotatable bonds is 6. The van der Waals surface area contributed by atoms with Crippen LogP contribution in [-0.2, 0) is 12.6 Å². The Morgan fingerprint density at radius 1 is 1.03 bits per heavy atom. The first-order chi connectivity index (χ1) is 13.5. The van der Waals surface area contributed by atoms with E-state index in [1.807, 2.05) is 0 Å². The van der Waals surface area contributed by atoms with E-state index in [0.717, 1.165) is 25.2 Å². The highest BCUT2D eigenvalue weighted by Crippen LogP contribution is 2.34. The summed E-state index contributed by atoms with van der Waals surface area (Å²) in [6.45, 7) is 8.35. The second-order valence-electron chi connectivity index (χ2n) is 8.20. The van der Waals surface area contributed by atoms with Crippen molar-refractivity contribution in [2.75, 3.05) is 19.7 Å². The molecule has 1 aliphatic heterocycles. The molecule has 1 heterocycles. The third-order valence-electron chi connectivity index (χ3n) is 4.90. The van der Waals surface area contributed by atoms with Gasteiger partial charge in [0.15, 0.2) is 11.5 Å². The monoisotopic (exact) mass is 427 g/mol. The summed E-state index contributed by atoms with van der Waals surface area (Å²) in [6.07, 6.45) is -3.94. The molecule has 3 rings (SSSR count). The van der Waals surface area contributed by atoms with Crippen LogP contribution in [0.15, 0.2) is 42.5 Å². The molecule has 0 unspecified atom stereocenters. The van der Waals surface area contributed by atoms with Crippen molar-refractivity contribution in [2.45, 2.75) is 45.0 Å². The first kappa shape index (κ1) is 21.8. The van der Waals surface area contributed by atoms with Crippen LogP contribution in [0.25, 0.3) is 0 Å². The van der Waals surface area contributed by atoms with Gasteiger partial charge >= 0.3 is 6.18 Å². The highest BCUT2D eigenvalue weighted by molar-refractivity contribution is 6.30. The van der Waals surface area contributed by atoms with E-state index in [4.69, 9.17) is 21.1 Å². The molecule has 0 bridgehead atoms. The molecule has 7 heteroatoms. The summed E-state index contributed by atoms with van der Waals surface area (Å²) < 4.78 is 50.4. The number of likely N-dealkylation sites (tertiary alicyclic amines) is 1. The lowest BCUT2D eigenvalue weighted by atomic mass is 9.99. The van der Waals surface area contributed by atoms with Gasteiger partial charge in [-0.15, -0.1) is 0 Å². The van der Waals surface area contributed by atoms with Gasteiger partial charge in [-0.1, -0.05) is 29.8 Å². The zero-order chi connectivity index (χ0) is 21.2. The van der Waals surface area contributed by atoms with Crippen LogP contribution in [-0.4, -0.2) is 36.2 Å². The van der Waals surface area contributed by atoms with Crippen molar-refractivity contribution in [1.29, 1.82) is 0 Å².